The predicted octanol–water partition coefficient (Wildman–Crippen LogP) is 3.36. The fourth-order valence-corrected chi connectivity index (χ4v) is 5.61. The van der Waals surface area contributed by atoms with Crippen LogP contribution in [0.2, 0.25) is 0 Å². The number of carbonyl (C=O) groups is 1. The molecular weight excluding hydrogens is 490 g/mol. The number of allylic oxidation sites excluding steroid dienone is 1. The number of nitrogens with zero attached hydrogens (tertiary/aromatic N) is 3. The van der Waals surface area contributed by atoms with Crippen molar-refractivity contribution in [1.82, 2.24) is 9.55 Å². The highest BCUT2D eigenvalue weighted by molar-refractivity contribution is 7.07. The number of ether oxygens (including phenoxy) is 3. The minimum atomic E-state index is -0.822. The summed E-state index contributed by atoms with van der Waals surface area (Å²) in [6.07, 6.45) is 5.14. The summed E-state index contributed by atoms with van der Waals surface area (Å²) < 4.78 is 18.8. The molecule has 0 radical (unpaired) electrons. The quantitative estimate of drug-likeness (QED) is 0.366. The molecule has 0 aliphatic carbocycles. The fraction of sp³-hybridized carbons (Fsp3) is 0.214. The number of methoxy groups -OCH3 is 2. The highest BCUT2D eigenvalue weighted by atomic mass is 32.1. The molecular formula is C28H25N3O5S. The summed E-state index contributed by atoms with van der Waals surface area (Å²) in [5, 5.41) is 1.70. The second-order valence-electron chi connectivity index (χ2n) is 8.36. The van der Waals surface area contributed by atoms with Gasteiger partial charge in [-0.2, -0.15) is 0 Å². The van der Waals surface area contributed by atoms with Gasteiger partial charge in [0.05, 0.1) is 36.6 Å². The molecule has 0 unspecified atom stereocenters. The summed E-state index contributed by atoms with van der Waals surface area (Å²) in [6, 6.07) is 12.3. The molecule has 37 heavy (non-hydrogen) atoms. The maximum atomic E-state index is 13.9. The number of carbonyl (C=O) groups excluding carboxylic acids is 1. The van der Waals surface area contributed by atoms with Gasteiger partial charge in [-0.1, -0.05) is 29.5 Å². The molecule has 3 heterocycles. The average Bonchev–Trinajstić information content (AvgIpc) is 3.21. The Kier molecular flexibility index (Phi) is 6.62. The average molecular weight is 516 g/mol. The van der Waals surface area contributed by atoms with Crippen molar-refractivity contribution in [1.29, 1.82) is 0 Å². The zero-order valence-electron chi connectivity index (χ0n) is 20.8. The van der Waals surface area contributed by atoms with Crippen LogP contribution in [0, 0.1) is 0 Å². The van der Waals surface area contributed by atoms with E-state index in [4.69, 9.17) is 14.2 Å². The minimum absolute atomic E-state index is 0.189. The lowest BCUT2D eigenvalue weighted by atomic mass is 9.90. The Morgan fingerprint density at radius 1 is 1.16 bits per heavy atom. The van der Waals surface area contributed by atoms with Crippen LogP contribution in [-0.4, -0.2) is 36.3 Å². The number of rotatable bonds is 6. The highest BCUT2D eigenvalue weighted by Crippen LogP contribution is 2.41. The van der Waals surface area contributed by atoms with Crippen LogP contribution in [-0.2, 0) is 9.53 Å². The van der Waals surface area contributed by atoms with Gasteiger partial charge < -0.3 is 14.2 Å². The van der Waals surface area contributed by atoms with Gasteiger partial charge in [-0.25, -0.2) is 9.79 Å². The molecule has 8 nitrogen and oxygen atoms in total. The van der Waals surface area contributed by atoms with Gasteiger partial charge in [0.25, 0.3) is 5.56 Å². The van der Waals surface area contributed by atoms with Crippen molar-refractivity contribution in [3.8, 4) is 11.5 Å². The number of thiazole rings is 1. The largest absolute Gasteiger partial charge is 0.497 e. The van der Waals surface area contributed by atoms with E-state index in [9.17, 15) is 9.59 Å². The Bertz CT molecular complexity index is 1720. The normalized spacial score (nSPS) is 15.4. The van der Waals surface area contributed by atoms with Crippen LogP contribution in [0.1, 0.15) is 31.0 Å². The van der Waals surface area contributed by atoms with Gasteiger partial charge in [0.1, 0.15) is 17.5 Å². The smallest absolute Gasteiger partial charge is 0.338 e. The molecule has 5 rings (SSSR count). The van der Waals surface area contributed by atoms with E-state index < -0.39 is 12.0 Å². The van der Waals surface area contributed by atoms with Gasteiger partial charge >= 0.3 is 5.97 Å². The number of aromatic nitrogens is 2. The molecule has 1 aliphatic rings. The van der Waals surface area contributed by atoms with Crippen molar-refractivity contribution < 1.29 is 19.0 Å². The van der Waals surface area contributed by atoms with Gasteiger partial charge in [-0.05, 0) is 60.5 Å². The van der Waals surface area contributed by atoms with Gasteiger partial charge in [-0.15, -0.1) is 0 Å². The Labute approximate surface area is 216 Å². The first-order valence-electron chi connectivity index (χ1n) is 11.7. The van der Waals surface area contributed by atoms with Crippen LogP contribution in [0.25, 0.3) is 16.8 Å². The van der Waals surface area contributed by atoms with Crippen molar-refractivity contribution in [2.45, 2.75) is 19.9 Å². The molecule has 0 saturated heterocycles. The standard InChI is InChI=1S/C28H25N3O5S/c1-5-36-27(33)23-16(2)30-28-31(26(32)22(37-28)13-17-7-6-12-29-15-17)25(23)24-20-14-19(34-3)10-8-18(20)9-11-21(24)35-4/h6-15,25H,5H2,1-4H3/b22-13-/t25-/m0/s1. The lowest BCUT2D eigenvalue weighted by Gasteiger charge is -2.27. The van der Waals surface area contributed by atoms with E-state index in [1.165, 1.54) is 11.3 Å². The summed E-state index contributed by atoms with van der Waals surface area (Å²) in [7, 11) is 3.16. The monoisotopic (exact) mass is 515 g/mol. The molecule has 2 aromatic heterocycles. The Balaban J connectivity index is 1.88. The van der Waals surface area contributed by atoms with E-state index in [0.29, 0.717) is 32.1 Å². The SMILES string of the molecule is CCOC(=O)C1=C(C)N=c2s/c(=C\c3cccnc3)c(=O)n2[C@@H]1c1c(OC)ccc2ccc(OC)cc12. The van der Waals surface area contributed by atoms with Gasteiger partial charge in [0.2, 0.25) is 0 Å². The van der Waals surface area contributed by atoms with E-state index in [1.807, 2.05) is 42.5 Å². The van der Waals surface area contributed by atoms with E-state index >= 15 is 0 Å². The Morgan fingerprint density at radius 3 is 2.68 bits per heavy atom. The number of esters is 1. The molecule has 9 heteroatoms. The maximum Gasteiger partial charge on any atom is 0.338 e. The van der Waals surface area contributed by atoms with Crippen molar-refractivity contribution in [3.05, 3.63) is 96.9 Å². The summed E-state index contributed by atoms with van der Waals surface area (Å²) >= 11 is 1.26. The third-order valence-electron chi connectivity index (χ3n) is 6.22. The third-order valence-corrected chi connectivity index (χ3v) is 7.21. The third kappa shape index (κ3) is 4.31. The van der Waals surface area contributed by atoms with Crippen molar-refractivity contribution in [3.63, 3.8) is 0 Å². The topological polar surface area (TPSA) is 92.0 Å². The molecule has 1 aliphatic heterocycles. The Morgan fingerprint density at radius 2 is 1.97 bits per heavy atom. The van der Waals surface area contributed by atoms with Crippen LogP contribution >= 0.6 is 11.3 Å². The molecule has 0 bridgehead atoms. The first-order chi connectivity index (χ1) is 18.0. The number of pyridine rings is 1. The summed E-state index contributed by atoms with van der Waals surface area (Å²) in [6.45, 7) is 3.69. The van der Waals surface area contributed by atoms with Crippen LogP contribution in [0.4, 0.5) is 0 Å². The molecule has 4 aromatic rings. The van der Waals surface area contributed by atoms with Crippen LogP contribution in [0.15, 0.2) is 75.9 Å². The fourth-order valence-electron chi connectivity index (χ4n) is 4.57. The number of benzene rings is 2. The predicted molar refractivity (Wildman–Crippen MR) is 142 cm³/mol. The lowest BCUT2D eigenvalue weighted by Crippen LogP contribution is -2.40. The van der Waals surface area contributed by atoms with Crippen molar-refractivity contribution in [2.75, 3.05) is 20.8 Å². The van der Waals surface area contributed by atoms with Crippen LogP contribution in [0.3, 0.4) is 0 Å². The maximum absolute atomic E-state index is 13.9. The van der Waals surface area contributed by atoms with E-state index in [-0.39, 0.29) is 17.7 Å². The highest BCUT2D eigenvalue weighted by Gasteiger charge is 2.36. The minimum Gasteiger partial charge on any atom is -0.497 e. The molecule has 2 aromatic carbocycles. The van der Waals surface area contributed by atoms with Crippen LogP contribution < -0.4 is 24.4 Å². The second kappa shape index (κ2) is 10.0. The van der Waals surface area contributed by atoms with Crippen molar-refractivity contribution in [2.24, 2.45) is 4.99 Å². The van der Waals surface area contributed by atoms with Gasteiger partial charge in [0, 0.05) is 18.0 Å². The second-order valence-corrected chi connectivity index (χ2v) is 9.37. The Hall–Kier alpha value is -4.24. The molecule has 1 atom stereocenters. The zero-order valence-corrected chi connectivity index (χ0v) is 21.7. The number of hydrogen-bond donors (Lipinski definition) is 0. The molecule has 0 N–H and O–H groups in total. The van der Waals surface area contributed by atoms with Crippen LogP contribution in [0.5, 0.6) is 11.5 Å². The molecule has 0 fully saturated rings. The summed E-state index contributed by atoms with van der Waals surface area (Å²) in [5.41, 5.74) is 1.95. The summed E-state index contributed by atoms with van der Waals surface area (Å²) in [5.74, 6) is 0.644. The first kappa shape index (κ1) is 24.5. The zero-order chi connectivity index (χ0) is 26.1. The number of hydrogen-bond acceptors (Lipinski definition) is 8. The lowest BCUT2D eigenvalue weighted by molar-refractivity contribution is -0.139. The molecule has 0 saturated carbocycles. The number of fused-ring (bicyclic) bond motifs is 2. The van der Waals surface area contributed by atoms with Crippen molar-refractivity contribution >= 4 is 34.2 Å². The molecule has 0 spiro atoms. The first-order valence-corrected chi connectivity index (χ1v) is 12.5. The van der Waals surface area contributed by atoms with E-state index in [0.717, 1.165) is 16.3 Å². The van der Waals surface area contributed by atoms with E-state index in [2.05, 4.69) is 9.98 Å². The molecule has 0 amide bonds. The molecule has 188 valence electrons. The summed E-state index contributed by atoms with van der Waals surface area (Å²) in [4.78, 5) is 36.5. The van der Waals surface area contributed by atoms with E-state index in [1.54, 1.807) is 51.1 Å². The van der Waals surface area contributed by atoms with Gasteiger partial charge in [0.15, 0.2) is 4.80 Å². The van der Waals surface area contributed by atoms with Gasteiger partial charge in [-0.3, -0.25) is 14.3 Å².